The van der Waals surface area contributed by atoms with E-state index in [4.69, 9.17) is 16.3 Å². The second kappa shape index (κ2) is 6.64. The Labute approximate surface area is 129 Å². The number of halogens is 1. The third-order valence-corrected chi connectivity index (χ3v) is 4.86. The Morgan fingerprint density at radius 3 is 2.43 bits per heavy atom. The summed E-state index contributed by atoms with van der Waals surface area (Å²) in [5.41, 5.74) is 0. The Morgan fingerprint density at radius 1 is 1.24 bits per heavy atom. The van der Waals surface area contributed by atoms with Crippen molar-refractivity contribution in [3.8, 4) is 5.75 Å². The van der Waals surface area contributed by atoms with Crippen molar-refractivity contribution in [2.75, 3.05) is 39.0 Å². The number of carbonyl (C=O) groups excluding carboxylic acids is 1. The van der Waals surface area contributed by atoms with Crippen molar-refractivity contribution in [1.29, 1.82) is 0 Å². The summed E-state index contributed by atoms with van der Waals surface area (Å²) in [6, 6.07) is 6.93. The molecule has 1 aromatic carbocycles. The van der Waals surface area contributed by atoms with Gasteiger partial charge in [-0.2, -0.15) is 4.31 Å². The number of hydrogen-bond acceptors (Lipinski definition) is 4. The van der Waals surface area contributed by atoms with Crippen LogP contribution in [0.4, 0.5) is 0 Å². The van der Waals surface area contributed by atoms with E-state index in [9.17, 15) is 13.2 Å². The maximum atomic E-state index is 12.0. The van der Waals surface area contributed by atoms with Gasteiger partial charge in [-0.3, -0.25) is 4.79 Å². The van der Waals surface area contributed by atoms with Crippen LogP contribution in [0, 0.1) is 0 Å². The number of para-hydroxylation sites is 1. The minimum Gasteiger partial charge on any atom is -0.482 e. The van der Waals surface area contributed by atoms with Gasteiger partial charge < -0.3 is 9.64 Å². The average Bonchev–Trinajstić information content (AvgIpc) is 2.45. The largest absolute Gasteiger partial charge is 0.482 e. The highest BCUT2D eigenvalue weighted by atomic mass is 35.5. The van der Waals surface area contributed by atoms with Crippen LogP contribution in [0.2, 0.25) is 5.02 Å². The smallest absolute Gasteiger partial charge is 0.260 e. The van der Waals surface area contributed by atoms with E-state index in [1.807, 2.05) is 0 Å². The van der Waals surface area contributed by atoms with Crippen LogP contribution in [0.25, 0.3) is 0 Å². The van der Waals surface area contributed by atoms with Crippen molar-refractivity contribution in [1.82, 2.24) is 9.21 Å². The molecule has 0 spiro atoms. The molecule has 0 radical (unpaired) electrons. The molecular weight excluding hydrogens is 316 g/mol. The number of rotatable bonds is 4. The van der Waals surface area contributed by atoms with Crippen molar-refractivity contribution < 1.29 is 17.9 Å². The highest BCUT2D eigenvalue weighted by Crippen LogP contribution is 2.23. The number of sulfonamides is 1. The van der Waals surface area contributed by atoms with Gasteiger partial charge in [-0.25, -0.2) is 8.42 Å². The lowest BCUT2D eigenvalue weighted by Crippen LogP contribution is -2.51. The molecule has 0 N–H and O–H groups in total. The van der Waals surface area contributed by atoms with E-state index < -0.39 is 10.0 Å². The van der Waals surface area contributed by atoms with Crippen LogP contribution in [0.15, 0.2) is 24.3 Å². The van der Waals surface area contributed by atoms with E-state index in [0.29, 0.717) is 37.0 Å². The van der Waals surface area contributed by atoms with Crippen LogP contribution in [0.3, 0.4) is 0 Å². The number of carbonyl (C=O) groups is 1. The molecule has 1 aromatic rings. The van der Waals surface area contributed by atoms with Crippen molar-refractivity contribution in [3.05, 3.63) is 29.3 Å². The zero-order valence-corrected chi connectivity index (χ0v) is 13.2. The number of amides is 1. The highest BCUT2D eigenvalue weighted by molar-refractivity contribution is 7.88. The number of nitrogens with zero attached hydrogens (tertiary/aromatic N) is 2. The number of benzene rings is 1. The molecule has 0 saturated carbocycles. The third kappa shape index (κ3) is 4.33. The molecule has 1 fully saturated rings. The lowest BCUT2D eigenvalue weighted by Gasteiger charge is -2.33. The van der Waals surface area contributed by atoms with Gasteiger partial charge >= 0.3 is 0 Å². The van der Waals surface area contributed by atoms with E-state index in [1.54, 1.807) is 29.2 Å². The van der Waals surface area contributed by atoms with Gasteiger partial charge in [0.25, 0.3) is 5.91 Å². The molecule has 1 saturated heterocycles. The first-order valence-corrected chi connectivity index (χ1v) is 8.71. The molecule has 0 unspecified atom stereocenters. The third-order valence-electron chi connectivity index (χ3n) is 3.25. The molecule has 116 valence electrons. The molecule has 0 aromatic heterocycles. The van der Waals surface area contributed by atoms with Crippen LogP contribution < -0.4 is 4.74 Å². The van der Waals surface area contributed by atoms with Crippen molar-refractivity contribution in [2.45, 2.75) is 0 Å². The maximum absolute atomic E-state index is 12.0. The van der Waals surface area contributed by atoms with Crippen LogP contribution in [0.5, 0.6) is 5.75 Å². The van der Waals surface area contributed by atoms with E-state index >= 15 is 0 Å². The summed E-state index contributed by atoms with van der Waals surface area (Å²) < 4.78 is 29.5. The van der Waals surface area contributed by atoms with Crippen LogP contribution in [-0.4, -0.2) is 62.6 Å². The van der Waals surface area contributed by atoms with Crippen LogP contribution in [-0.2, 0) is 14.8 Å². The lowest BCUT2D eigenvalue weighted by molar-refractivity contribution is -0.134. The second-order valence-electron chi connectivity index (χ2n) is 4.76. The fourth-order valence-corrected chi connectivity index (χ4v) is 3.08. The first-order valence-electron chi connectivity index (χ1n) is 6.48. The summed E-state index contributed by atoms with van der Waals surface area (Å²) in [4.78, 5) is 13.6. The predicted molar refractivity (Wildman–Crippen MR) is 79.9 cm³/mol. The minimum atomic E-state index is -3.19. The molecule has 1 aliphatic rings. The number of hydrogen-bond donors (Lipinski definition) is 0. The molecular formula is C13H17ClN2O4S. The van der Waals surface area contributed by atoms with Gasteiger partial charge in [0, 0.05) is 26.2 Å². The van der Waals surface area contributed by atoms with Gasteiger partial charge in [-0.15, -0.1) is 0 Å². The van der Waals surface area contributed by atoms with Gasteiger partial charge in [0.2, 0.25) is 10.0 Å². The topological polar surface area (TPSA) is 66.9 Å². The van der Waals surface area contributed by atoms with Gasteiger partial charge in [0.1, 0.15) is 5.75 Å². The Hall–Kier alpha value is -1.31. The van der Waals surface area contributed by atoms with Gasteiger partial charge in [0.15, 0.2) is 6.61 Å². The average molecular weight is 333 g/mol. The predicted octanol–water partition coefficient (Wildman–Crippen LogP) is 0.823. The first kappa shape index (κ1) is 16.1. The minimum absolute atomic E-state index is 0.109. The van der Waals surface area contributed by atoms with E-state index in [2.05, 4.69) is 0 Å². The summed E-state index contributed by atoms with van der Waals surface area (Å²) in [6.45, 7) is 1.27. The SMILES string of the molecule is CS(=O)(=O)N1CCN(C(=O)COc2ccccc2Cl)CC1. The first-order chi connectivity index (χ1) is 9.88. The second-order valence-corrected chi connectivity index (χ2v) is 7.15. The van der Waals surface area contributed by atoms with Crippen LogP contribution >= 0.6 is 11.6 Å². The quantitative estimate of drug-likeness (QED) is 0.819. The Balaban J connectivity index is 1.84. The summed E-state index contributed by atoms with van der Waals surface area (Å²) in [7, 11) is -3.19. The van der Waals surface area contributed by atoms with Crippen molar-refractivity contribution >= 4 is 27.5 Å². The molecule has 1 amide bonds. The lowest BCUT2D eigenvalue weighted by atomic mass is 10.3. The summed E-state index contributed by atoms with van der Waals surface area (Å²) in [6.07, 6.45) is 1.17. The maximum Gasteiger partial charge on any atom is 0.260 e. The summed E-state index contributed by atoms with van der Waals surface area (Å²) in [5.74, 6) is 0.283. The van der Waals surface area contributed by atoms with Gasteiger partial charge in [-0.05, 0) is 12.1 Å². The molecule has 1 heterocycles. The monoisotopic (exact) mass is 332 g/mol. The Kier molecular flexibility index (Phi) is 5.08. The Bertz CT molecular complexity index is 612. The normalized spacial score (nSPS) is 16.8. The number of piperazine rings is 1. The number of ether oxygens (including phenoxy) is 1. The molecule has 0 bridgehead atoms. The molecule has 0 aliphatic carbocycles. The van der Waals surface area contributed by atoms with E-state index in [1.165, 1.54) is 10.6 Å². The van der Waals surface area contributed by atoms with Crippen molar-refractivity contribution in [2.24, 2.45) is 0 Å². The zero-order valence-electron chi connectivity index (χ0n) is 11.7. The molecule has 21 heavy (non-hydrogen) atoms. The van der Waals surface area contributed by atoms with E-state index in [-0.39, 0.29) is 12.5 Å². The highest BCUT2D eigenvalue weighted by Gasteiger charge is 2.26. The summed E-state index contributed by atoms with van der Waals surface area (Å²) >= 11 is 5.94. The molecule has 2 rings (SSSR count). The summed E-state index contributed by atoms with van der Waals surface area (Å²) in [5, 5.41) is 0.451. The van der Waals surface area contributed by atoms with E-state index in [0.717, 1.165) is 0 Å². The molecule has 0 atom stereocenters. The zero-order chi connectivity index (χ0) is 15.5. The molecule has 6 nitrogen and oxygen atoms in total. The fraction of sp³-hybridized carbons (Fsp3) is 0.462. The van der Waals surface area contributed by atoms with Crippen LogP contribution in [0.1, 0.15) is 0 Å². The molecule has 8 heteroatoms. The molecule has 1 aliphatic heterocycles. The fourth-order valence-electron chi connectivity index (χ4n) is 2.06. The Morgan fingerprint density at radius 2 is 1.86 bits per heavy atom. The van der Waals surface area contributed by atoms with Gasteiger partial charge in [0.05, 0.1) is 11.3 Å². The standard InChI is InChI=1S/C13H17ClN2O4S/c1-21(18,19)16-8-6-15(7-9-16)13(17)10-20-12-5-3-2-4-11(12)14/h2-5H,6-10H2,1H3. The van der Waals surface area contributed by atoms with Crippen molar-refractivity contribution in [3.63, 3.8) is 0 Å². The van der Waals surface area contributed by atoms with Gasteiger partial charge in [-0.1, -0.05) is 23.7 Å².